The lowest BCUT2D eigenvalue weighted by Crippen LogP contribution is -2.48. The molecule has 1 N–H and O–H groups in total. The first kappa shape index (κ1) is 22.2. The first-order chi connectivity index (χ1) is 14.3. The zero-order valence-corrected chi connectivity index (χ0v) is 18.7. The Bertz CT molecular complexity index is 793. The third-order valence-corrected chi connectivity index (χ3v) is 5.63. The molecule has 6 nitrogen and oxygen atoms in total. The van der Waals surface area contributed by atoms with Gasteiger partial charge in [-0.25, -0.2) is 0 Å². The fourth-order valence-electron chi connectivity index (χ4n) is 4.30. The SMILES string of the molecule is C=C1c2cccc(OCC(=O)N(CC(C)C)CC(C)C)c2CN1C1CCCNC1=O. The number of nitrogens with one attached hydrogen (secondary N) is 1. The average Bonchev–Trinajstić information content (AvgIpc) is 3.02. The number of benzene rings is 1. The molecule has 164 valence electrons. The average molecular weight is 414 g/mol. The Morgan fingerprint density at radius 1 is 1.27 bits per heavy atom. The van der Waals surface area contributed by atoms with Gasteiger partial charge in [0, 0.05) is 43.0 Å². The van der Waals surface area contributed by atoms with Gasteiger partial charge in [-0.1, -0.05) is 46.4 Å². The van der Waals surface area contributed by atoms with E-state index < -0.39 is 0 Å². The van der Waals surface area contributed by atoms with Gasteiger partial charge in [-0.15, -0.1) is 0 Å². The molecule has 2 aliphatic heterocycles. The Kier molecular flexibility index (Phi) is 7.06. The highest BCUT2D eigenvalue weighted by molar-refractivity contribution is 5.85. The van der Waals surface area contributed by atoms with Crippen molar-refractivity contribution in [2.45, 2.75) is 53.1 Å². The highest BCUT2D eigenvalue weighted by Crippen LogP contribution is 2.39. The van der Waals surface area contributed by atoms with Crippen LogP contribution in [0.15, 0.2) is 24.8 Å². The Morgan fingerprint density at radius 2 is 1.97 bits per heavy atom. The second-order valence-corrected chi connectivity index (χ2v) is 9.18. The summed E-state index contributed by atoms with van der Waals surface area (Å²) in [5.74, 6) is 1.59. The van der Waals surface area contributed by atoms with Gasteiger partial charge >= 0.3 is 0 Å². The fourth-order valence-corrected chi connectivity index (χ4v) is 4.30. The molecule has 0 saturated carbocycles. The molecule has 0 bridgehead atoms. The molecule has 2 aliphatic rings. The summed E-state index contributed by atoms with van der Waals surface area (Å²) in [5, 5.41) is 2.95. The van der Waals surface area contributed by atoms with Crippen molar-refractivity contribution in [3.05, 3.63) is 35.9 Å². The lowest BCUT2D eigenvalue weighted by atomic mass is 10.0. The third-order valence-electron chi connectivity index (χ3n) is 5.63. The molecule has 2 amide bonds. The molecular formula is C24H35N3O3. The minimum atomic E-state index is -0.194. The van der Waals surface area contributed by atoms with E-state index in [-0.39, 0.29) is 24.5 Å². The number of hydrogen-bond donors (Lipinski definition) is 1. The van der Waals surface area contributed by atoms with Crippen LogP contribution >= 0.6 is 0 Å². The molecule has 2 heterocycles. The predicted molar refractivity (Wildman–Crippen MR) is 119 cm³/mol. The van der Waals surface area contributed by atoms with Crippen LogP contribution < -0.4 is 10.1 Å². The van der Waals surface area contributed by atoms with Crippen molar-refractivity contribution in [1.29, 1.82) is 0 Å². The van der Waals surface area contributed by atoms with Crippen LogP contribution in [0.3, 0.4) is 0 Å². The predicted octanol–water partition coefficient (Wildman–Crippen LogP) is 3.27. The summed E-state index contributed by atoms with van der Waals surface area (Å²) in [6.07, 6.45) is 1.79. The monoisotopic (exact) mass is 413 g/mol. The summed E-state index contributed by atoms with van der Waals surface area (Å²) >= 11 is 0. The Balaban J connectivity index is 1.70. The van der Waals surface area contributed by atoms with Crippen molar-refractivity contribution in [1.82, 2.24) is 15.1 Å². The van der Waals surface area contributed by atoms with Crippen LogP contribution in [0.1, 0.15) is 51.7 Å². The van der Waals surface area contributed by atoms with Crippen molar-refractivity contribution in [3.8, 4) is 5.75 Å². The van der Waals surface area contributed by atoms with Gasteiger partial charge in [-0.3, -0.25) is 9.59 Å². The van der Waals surface area contributed by atoms with Crippen LogP contribution in [0.25, 0.3) is 5.70 Å². The largest absolute Gasteiger partial charge is 0.483 e. The van der Waals surface area contributed by atoms with Crippen molar-refractivity contribution in [2.75, 3.05) is 26.2 Å². The number of amides is 2. The number of piperidine rings is 1. The van der Waals surface area contributed by atoms with Gasteiger partial charge in [0.15, 0.2) is 6.61 Å². The van der Waals surface area contributed by atoms with Gasteiger partial charge in [0.05, 0.1) is 0 Å². The Morgan fingerprint density at radius 3 is 2.60 bits per heavy atom. The summed E-state index contributed by atoms with van der Waals surface area (Å²) in [4.78, 5) is 29.1. The van der Waals surface area contributed by atoms with E-state index in [0.29, 0.717) is 24.1 Å². The van der Waals surface area contributed by atoms with Crippen LogP contribution in [0.4, 0.5) is 0 Å². The maximum atomic E-state index is 12.8. The number of hydrogen-bond acceptors (Lipinski definition) is 4. The first-order valence-corrected chi connectivity index (χ1v) is 11.0. The molecule has 1 aromatic rings. The van der Waals surface area contributed by atoms with Crippen LogP contribution in [-0.4, -0.2) is 53.9 Å². The smallest absolute Gasteiger partial charge is 0.260 e. The van der Waals surface area contributed by atoms with E-state index >= 15 is 0 Å². The zero-order valence-electron chi connectivity index (χ0n) is 18.7. The van der Waals surface area contributed by atoms with Gasteiger partial charge in [0.1, 0.15) is 11.8 Å². The van der Waals surface area contributed by atoms with Crippen LogP contribution in [0, 0.1) is 11.8 Å². The minimum absolute atomic E-state index is 0.00957. The van der Waals surface area contributed by atoms with Crippen molar-refractivity contribution in [3.63, 3.8) is 0 Å². The Labute approximate surface area is 180 Å². The molecule has 1 unspecified atom stereocenters. The second-order valence-electron chi connectivity index (χ2n) is 9.18. The molecule has 30 heavy (non-hydrogen) atoms. The standard InChI is InChI=1S/C24H35N3O3/c1-16(2)12-26(13-17(3)4)23(28)15-30-22-10-6-8-19-18(5)27(14-20(19)22)21-9-7-11-25-24(21)29/h6,8,10,16-17,21H,5,7,9,11-15H2,1-4H3,(H,25,29). The lowest BCUT2D eigenvalue weighted by molar-refractivity contribution is -0.134. The van der Waals surface area contributed by atoms with E-state index in [1.165, 1.54) is 0 Å². The normalized spacial score (nSPS) is 18.6. The molecule has 3 rings (SSSR count). The topological polar surface area (TPSA) is 61.9 Å². The van der Waals surface area contributed by atoms with Gasteiger partial charge in [-0.2, -0.15) is 0 Å². The van der Waals surface area contributed by atoms with E-state index in [4.69, 9.17) is 4.74 Å². The van der Waals surface area contributed by atoms with Gasteiger partial charge in [0.2, 0.25) is 5.91 Å². The van der Waals surface area contributed by atoms with E-state index in [2.05, 4.69) is 44.5 Å². The van der Waals surface area contributed by atoms with Crippen molar-refractivity contribution in [2.24, 2.45) is 11.8 Å². The fraction of sp³-hybridized carbons (Fsp3) is 0.583. The van der Waals surface area contributed by atoms with E-state index in [1.807, 2.05) is 23.1 Å². The van der Waals surface area contributed by atoms with E-state index in [1.54, 1.807) is 0 Å². The summed E-state index contributed by atoms with van der Waals surface area (Å²) in [7, 11) is 0. The van der Waals surface area contributed by atoms with Crippen LogP contribution in [0.5, 0.6) is 5.75 Å². The summed E-state index contributed by atoms with van der Waals surface area (Å²) in [5.41, 5.74) is 2.86. The van der Waals surface area contributed by atoms with E-state index in [0.717, 1.165) is 49.3 Å². The number of rotatable bonds is 8. The second kappa shape index (κ2) is 9.54. The maximum absolute atomic E-state index is 12.8. The molecule has 1 fully saturated rings. The highest BCUT2D eigenvalue weighted by Gasteiger charge is 2.35. The molecule has 0 radical (unpaired) electrons. The molecular weight excluding hydrogens is 378 g/mol. The zero-order chi connectivity index (χ0) is 21.8. The maximum Gasteiger partial charge on any atom is 0.260 e. The van der Waals surface area contributed by atoms with E-state index in [9.17, 15) is 9.59 Å². The molecule has 0 aromatic heterocycles. The van der Waals surface area contributed by atoms with Crippen LogP contribution in [0.2, 0.25) is 0 Å². The molecule has 1 atom stereocenters. The summed E-state index contributed by atoms with van der Waals surface area (Å²) in [6, 6.07) is 5.64. The van der Waals surface area contributed by atoms with Crippen LogP contribution in [-0.2, 0) is 16.1 Å². The Hall–Kier alpha value is -2.50. The van der Waals surface area contributed by atoms with Gasteiger partial charge in [0.25, 0.3) is 5.91 Å². The molecule has 0 spiro atoms. The number of fused-ring (bicyclic) bond motifs is 1. The van der Waals surface area contributed by atoms with Gasteiger partial charge in [-0.05, 0) is 30.7 Å². The molecule has 1 aromatic carbocycles. The van der Waals surface area contributed by atoms with Crippen molar-refractivity contribution < 1.29 is 14.3 Å². The molecule has 0 aliphatic carbocycles. The molecule has 1 saturated heterocycles. The number of nitrogens with zero attached hydrogens (tertiary/aromatic N) is 2. The highest BCUT2D eigenvalue weighted by atomic mass is 16.5. The number of carbonyl (C=O) groups is 2. The number of carbonyl (C=O) groups excluding carboxylic acids is 2. The number of ether oxygens (including phenoxy) is 1. The molecule has 6 heteroatoms. The first-order valence-electron chi connectivity index (χ1n) is 11.0. The van der Waals surface area contributed by atoms with Crippen molar-refractivity contribution >= 4 is 17.5 Å². The third kappa shape index (κ3) is 4.97. The summed E-state index contributed by atoms with van der Waals surface area (Å²) in [6.45, 7) is 15.5. The quantitative estimate of drug-likeness (QED) is 0.711. The lowest BCUT2D eigenvalue weighted by Gasteiger charge is -2.32. The minimum Gasteiger partial charge on any atom is -0.483 e. The van der Waals surface area contributed by atoms with Gasteiger partial charge < -0.3 is 19.9 Å². The summed E-state index contributed by atoms with van der Waals surface area (Å²) < 4.78 is 6.01.